The minimum absolute atomic E-state index is 0.0210. The Labute approximate surface area is 122 Å². The predicted octanol–water partition coefficient (Wildman–Crippen LogP) is -0.0460. The van der Waals surface area contributed by atoms with Gasteiger partial charge in [-0.2, -0.15) is 5.26 Å². The minimum atomic E-state index is -0.671. The van der Waals surface area contributed by atoms with Crippen LogP contribution >= 0.6 is 0 Å². The summed E-state index contributed by atoms with van der Waals surface area (Å²) in [5.74, 6) is -0.289. The van der Waals surface area contributed by atoms with Crippen LogP contribution in [-0.2, 0) is 16.1 Å². The van der Waals surface area contributed by atoms with E-state index in [4.69, 9.17) is 15.7 Å². The highest BCUT2D eigenvalue weighted by molar-refractivity contribution is 5.87. The third-order valence-electron chi connectivity index (χ3n) is 3.13. The number of nitrogens with zero attached hydrogens (tertiary/aromatic N) is 2. The van der Waals surface area contributed by atoms with Crippen molar-refractivity contribution < 1.29 is 14.3 Å². The molecular formula is C14H16N4O3. The van der Waals surface area contributed by atoms with Gasteiger partial charge in [0.05, 0.1) is 18.2 Å². The Bertz CT molecular complexity index is 582. The van der Waals surface area contributed by atoms with Crippen molar-refractivity contribution in [3.05, 3.63) is 35.4 Å². The van der Waals surface area contributed by atoms with Gasteiger partial charge in [0.2, 0.25) is 5.91 Å². The fourth-order valence-electron chi connectivity index (χ4n) is 2.09. The number of nitrogens with one attached hydrogen (secondary N) is 1. The highest BCUT2D eigenvalue weighted by atomic mass is 16.6. The number of rotatable bonds is 5. The van der Waals surface area contributed by atoms with Crippen molar-refractivity contribution in [2.75, 3.05) is 19.7 Å². The molecule has 0 bridgehead atoms. The molecule has 1 aliphatic heterocycles. The lowest BCUT2D eigenvalue weighted by molar-refractivity contribution is -0.124. The quantitative estimate of drug-likeness (QED) is 0.790. The number of cyclic esters (lactones) is 1. The van der Waals surface area contributed by atoms with Crippen LogP contribution in [0.25, 0.3) is 0 Å². The highest BCUT2D eigenvalue weighted by Gasteiger charge is 2.37. The molecule has 0 saturated carbocycles. The van der Waals surface area contributed by atoms with E-state index < -0.39 is 12.1 Å². The maximum absolute atomic E-state index is 12.0. The Morgan fingerprint density at radius 3 is 3.10 bits per heavy atom. The van der Waals surface area contributed by atoms with Crippen molar-refractivity contribution >= 4 is 12.0 Å². The molecule has 1 heterocycles. The van der Waals surface area contributed by atoms with E-state index >= 15 is 0 Å². The minimum Gasteiger partial charge on any atom is -0.447 e. The maximum Gasteiger partial charge on any atom is 0.410 e. The second-order valence-electron chi connectivity index (χ2n) is 4.61. The standard InChI is InChI=1S/C14H16N4O3/c15-4-5-17-13(19)12-9-21-14(20)18(12)8-11-3-1-2-10(6-11)7-16/h1-3,6,12H,4-5,8-9,15H2,(H,17,19)/t12-/m0/s1. The lowest BCUT2D eigenvalue weighted by Crippen LogP contribution is -2.46. The fourth-order valence-corrected chi connectivity index (χ4v) is 2.09. The smallest absolute Gasteiger partial charge is 0.410 e. The van der Waals surface area contributed by atoms with E-state index in [0.717, 1.165) is 5.56 Å². The first-order chi connectivity index (χ1) is 10.2. The van der Waals surface area contributed by atoms with Crippen molar-refractivity contribution in [1.82, 2.24) is 10.2 Å². The molecule has 2 rings (SSSR count). The molecule has 110 valence electrons. The number of hydrogen-bond acceptors (Lipinski definition) is 5. The molecule has 0 radical (unpaired) electrons. The van der Waals surface area contributed by atoms with Crippen molar-refractivity contribution in [3.63, 3.8) is 0 Å². The van der Waals surface area contributed by atoms with Gasteiger partial charge < -0.3 is 15.8 Å². The summed E-state index contributed by atoms with van der Waals surface area (Å²) in [5, 5.41) is 11.5. The van der Waals surface area contributed by atoms with E-state index in [1.807, 2.05) is 6.07 Å². The molecule has 7 heteroatoms. The van der Waals surface area contributed by atoms with Gasteiger partial charge in [-0.1, -0.05) is 12.1 Å². The second kappa shape index (κ2) is 6.72. The van der Waals surface area contributed by atoms with E-state index in [9.17, 15) is 9.59 Å². The molecule has 0 aromatic heterocycles. The van der Waals surface area contributed by atoms with Crippen LogP contribution in [0.3, 0.4) is 0 Å². The van der Waals surface area contributed by atoms with Crippen molar-refractivity contribution in [1.29, 1.82) is 5.26 Å². The van der Waals surface area contributed by atoms with Crippen LogP contribution in [0.15, 0.2) is 24.3 Å². The zero-order valence-corrected chi connectivity index (χ0v) is 11.4. The zero-order chi connectivity index (χ0) is 15.2. The van der Waals surface area contributed by atoms with Crippen molar-refractivity contribution in [2.45, 2.75) is 12.6 Å². The number of benzene rings is 1. The molecule has 3 N–H and O–H groups in total. The molecular weight excluding hydrogens is 272 g/mol. The summed E-state index contributed by atoms with van der Waals surface area (Å²) in [6.07, 6.45) is -0.537. The number of hydrogen-bond donors (Lipinski definition) is 2. The first-order valence-corrected chi connectivity index (χ1v) is 6.56. The van der Waals surface area contributed by atoms with E-state index in [1.165, 1.54) is 4.90 Å². The average molecular weight is 288 g/mol. The molecule has 1 fully saturated rings. The number of ether oxygens (including phenoxy) is 1. The molecule has 1 saturated heterocycles. The second-order valence-corrected chi connectivity index (χ2v) is 4.61. The summed E-state index contributed by atoms with van der Waals surface area (Å²) >= 11 is 0. The molecule has 1 aromatic carbocycles. The van der Waals surface area contributed by atoms with Gasteiger partial charge in [0, 0.05) is 13.1 Å². The Kier molecular flexibility index (Phi) is 4.74. The SMILES string of the molecule is N#Cc1cccc(CN2C(=O)OC[C@H]2C(=O)NCCN)c1. The number of carbonyl (C=O) groups excluding carboxylic acids is 2. The molecule has 21 heavy (non-hydrogen) atoms. The number of nitriles is 1. The summed E-state index contributed by atoms with van der Waals surface area (Å²) in [4.78, 5) is 25.1. The number of nitrogens with two attached hydrogens (primary N) is 1. The monoisotopic (exact) mass is 288 g/mol. The maximum atomic E-state index is 12.0. The summed E-state index contributed by atoms with van der Waals surface area (Å²) in [6, 6.07) is 8.25. The van der Waals surface area contributed by atoms with Gasteiger partial charge in [0.1, 0.15) is 12.6 Å². The van der Waals surface area contributed by atoms with Gasteiger partial charge in [-0.3, -0.25) is 9.69 Å². The Hall–Kier alpha value is -2.59. The molecule has 1 aliphatic rings. The fraction of sp³-hybridized carbons (Fsp3) is 0.357. The van der Waals surface area contributed by atoms with Gasteiger partial charge in [0.25, 0.3) is 0 Å². The Balaban J connectivity index is 2.10. The third-order valence-corrected chi connectivity index (χ3v) is 3.13. The first kappa shape index (κ1) is 14.8. The van der Waals surface area contributed by atoms with Crippen LogP contribution in [0, 0.1) is 11.3 Å². The summed E-state index contributed by atoms with van der Waals surface area (Å²) < 4.78 is 4.94. The van der Waals surface area contributed by atoms with Gasteiger partial charge in [-0.25, -0.2) is 4.79 Å². The van der Waals surface area contributed by atoms with Crippen LogP contribution in [0.4, 0.5) is 4.79 Å². The van der Waals surface area contributed by atoms with E-state index in [0.29, 0.717) is 18.7 Å². The molecule has 2 amide bonds. The zero-order valence-electron chi connectivity index (χ0n) is 11.4. The first-order valence-electron chi connectivity index (χ1n) is 6.56. The van der Waals surface area contributed by atoms with Gasteiger partial charge in [-0.05, 0) is 17.7 Å². The molecule has 7 nitrogen and oxygen atoms in total. The lowest BCUT2D eigenvalue weighted by Gasteiger charge is -2.20. The van der Waals surface area contributed by atoms with Crippen molar-refractivity contribution in [2.24, 2.45) is 5.73 Å². The molecule has 1 atom stereocenters. The van der Waals surface area contributed by atoms with Gasteiger partial charge in [0.15, 0.2) is 0 Å². The molecule has 0 unspecified atom stereocenters. The lowest BCUT2D eigenvalue weighted by atomic mass is 10.1. The van der Waals surface area contributed by atoms with Crippen LogP contribution in [0.1, 0.15) is 11.1 Å². The van der Waals surface area contributed by atoms with Crippen LogP contribution in [-0.4, -0.2) is 42.6 Å². The van der Waals surface area contributed by atoms with E-state index in [1.54, 1.807) is 24.3 Å². The van der Waals surface area contributed by atoms with E-state index in [-0.39, 0.29) is 19.1 Å². The average Bonchev–Trinajstić information content (AvgIpc) is 2.86. The predicted molar refractivity (Wildman–Crippen MR) is 73.9 cm³/mol. The van der Waals surface area contributed by atoms with Gasteiger partial charge >= 0.3 is 6.09 Å². The summed E-state index contributed by atoms with van der Waals surface area (Å²) in [7, 11) is 0. The van der Waals surface area contributed by atoms with Gasteiger partial charge in [-0.15, -0.1) is 0 Å². The van der Waals surface area contributed by atoms with E-state index in [2.05, 4.69) is 5.32 Å². The summed E-state index contributed by atoms with van der Waals surface area (Å²) in [5.41, 5.74) is 6.61. The molecule has 1 aromatic rings. The Morgan fingerprint density at radius 1 is 1.57 bits per heavy atom. The third kappa shape index (κ3) is 3.49. The largest absolute Gasteiger partial charge is 0.447 e. The Morgan fingerprint density at radius 2 is 2.38 bits per heavy atom. The number of carbonyl (C=O) groups is 2. The van der Waals surface area contributed by atoms with Crippen LogP contribution < -0.4 is 11.1 Å². The molecule has 0 aliphatic carbocycles. The number of amides is 2. The summed E-state index contributed by atoms with van der Waals surface area (Å²) in [6.45, 7) is 0.918. The molecule has 0 spiro atoms. The van der Waals surface area contributed by atoms with Crippen LogP contribution in [0.5, 0.6) is 0 Å². The topological polar surface area (TPSA) is 108 Å². The van der Waals surface area contributed by atoms with Crippen molar-refractivity contribution in [3.8, 4) is 6.07 Å². The highest BCUT2D eigenvalue weighted by Crippen LogP contribution is 2.17. The van der Waals surface area contributed by atoms with Crippen LogP contribution in [0.2, 0.25) is 0 Å². The normalized spacial score (nSPS) is 17.2.